The van der Waals surface area contributed by atoms with Crippen molar-refractivity contribution in [1.29, 1.82) is 0 Å². The molecule has 1 atom stereocenters. The Bertz CT molecular complexity index is 589. The van der Waals surface area contributed by atoms with Crippen LogP contribution in [0.5, 0.6) is 0 Å². The Morgan fingerprint density at radius 1 is 1.21 bits per heavy atom. The molecule has 2 aliphatic heterocycles. The molecule has 0 aromatic heterocycles. The number of rotatable bonds is 1. The smallest absolute Gasteiger partial charge is 0.332 e. The first kappa shape index (κ1) is 12.0. The lowest BCUT2D eigenvalue weighted by Crippen LogP contribution is -2.54. The van der Waals surface area contributed by atoms with Crippen LogP contribution in [0.25, 0.3) is 0 Å². The topological polar surface area (TPSA) is 69.7 Å². The highest BCUT2D eigenvalue weighted by molar-refractivity contribution is 6.36. The summed E-state index contributed by atoms with van der Waals surface area (Å²) in [4.78, 5) is 38.1. The van der Waals surface area contributed by atoms with Gasteiger partial charge in [0, 0.05) is 6.54 Å². The summed E-state index contributed by atoms with van der Waals surface area (Å²) < 4.78 is 0. The summed E-state index contributed by atoms with van der Waals surface area (Å²) in [6, 6.07) is 5.49. The monoisotopic (exact) mass is 279 g/mol. The van der Waals surface area contributed by atoms with Gasteiger partial charge in [0.15, 0.2) is 0 Å². The van der Waals surface area contributed by atoms with E-state index >= 15 is 0 Å². The highest BCUT2D eigenvalue weighted by Crippen LogP contribution is 2.31. The number of fused-ring (bicyclic) bond motifs is 1. The molecule has 0 radical (unpaired) electrons. The minimum absolute atomic E-state index is 0.101. The fraction of sp³-hybridized carbons (Fsp3) is 0.250. The van der Waals surface area contributed by atoms with E-state index in [1.807, 2.05) is 0 Å². The zero-order chi connectivity index (χ0) is 13.6. The normalized spacial score (nSPS) is 22.6. The van der Waals surface area contributed by atoms with Gasteiger partial charge in [-0.05, 0) is 12.1 Å². The van der Waals surface area contributed by atoms with Gasteiger partial charge in [-0.3, -0.25) is 9.59 Å². The summed E-state index contributed by atoms with van der Waals surface area (Å²) in [7, 11) is 0. The molecule has 98 valence electrons. The molecule has 0 spiro atoms. The number of amides is 4. The lowest BCUT2D eigenvalue weighted by atomic mass is 10.2. The van der Waals surface area contributed by atoms with E-state index in [9.17, 15) is 14.4 Å². The molecule has 19 heavy (non-hydrogen) atoms. The number of halogens is 1. The summed E-state index contributed by atoms with van der Waals surface area (Å²) in [5, 5.41) is 2.90. The van der Waals surface area contributed by atoms with Crippen LogP contribution in [0.15, 0.2) is 24.3 Å². The zero-order valence-corrected chi connectivity index (χ0v) is 10.6. The van der Waals surface area contributed by atoms with Crippen molar-refractivity contribution >= 4 is 35.1 Å². The number of urea groups is 1. The van der Waals surface area contributed by atoms with Crippen LogP contribution < -0.4 is 10.2 Å². The molecule has 6 nitrogen and oxygen atoms in total. The molecule has 1 aromatic rings. The second-order valence-corrected chi connectivity index (χ2v) is 4.76. The van der Waals surface area contributed by atoms with Gasteiger partial charge in [0.05, 0.1) is 10.7 Å². The molecular weight excluding hydrogens is 270 g/mol. The van der Waals surface area contributed by atoms with Crippen LogP contribution in [0.1, 0.15) is 0 Å². The number of nitrogens with zero attached hydrogens (tertiary/aromatic N) is 2. The van der Waals surface area contributed by atoms with Gasteiger partial charge in [0.25, 0.3) is 5.91 Å². The highest BCUT2D eigenvalue weighted by Gasteiger charge is 2.48. The van der Waals surface area contributed by atoms with Crippen LogP contribution in [0.2, 0.25) is 5.02 Å². The van der Waals surface area contributed by atoms with Crippen molar-refractivity contribution in [3.05, 3.63) is 29.3 Å². The number of para-hydroxylation sites is 1. The number of carbonyl (C=O) groups is 3. The minimum Gasteiger partial charge on any atom is -0.352 e. The van der Waals surface area contributed by atoms with Gasteiger partial charge in [-0.2, -0.15) is 0 Å². The van der Waals surface area contributed by atoms with Crippen molar-refractivity contribution in [1.82, 2.24) is 10.2 Å². The first-order valence-electron chi connectivity index (χ1n) is 5.75. The molecule has 2 saturated heterocycles. The molecule has 7 heteroatoms. The zero-order valence-electron chi connectivity index (χ0n) is 9.80. The first-order valence-corrected chi connectivity index (χ1v) is 6.13. The average Bonchev–Trinajstić information content (AvgIpc) is 2.63. The maximum atomic E-state index is 12.3. The molecule has 1 unspecified atom stereocenters. The van der Waals surface area contributed by atoms with Gasteiger partial charge in [0.1, 0.15) is 12.6 Å². The molecule has 2 fully saturated rings. The molecule has 3 rings (SSSR count). The van der Waals surface area contributed by atoms with Gasteiger partial charge in [0.2, 0.25) is 5.91 Å². The van der Waals surface area contributed by atoms with E-state index in [4.69, 9.17) is 11.6 Å². The first-order chi connectivity index (χ1) is 9.09. The highest BCUT2D eigenvalue weighted by atomic mass is 35.5. The van der Waals surface area contributed by atoms with E-state index in [0.717, 1.165) is 4.90 Å². The largest absolute Gasteiger partial charge is 0.352 e. The Labute approximate surface area is 113 Å². The van der Waals surface area contributed by atoms with Crippen molar-refractivity contribution < 1.29 is 14.4 Å². The van der Waals surface area contributed by atoms with Crippen LogP contribution >= 0.6 is 11.6 Å². The second-order valence-electron chi connectivity index (χ2n) is 4.36. The second kappa shape index (κ2) is 4.24. The van der Waals surface area contributed by atoms with Crippen LogP contribution in [-0.4, -0.2) is 41.9 Å². The van der Waals surface area contributed by atoms with Crippen LogP contribution in [0.3, 0.4) is 0 Å². The predicted octanol–water partition coefficient (Wildman–Crippen LogP) is 0.607. The van der Waals surface area contributed by atoms with Crippen molar-refractivity contribution in [2.24, 2.45) is 0 Å². The third-order valence-electron chi connectivity index (χ3n) is 3.22. The van der Waals surface area contributed by atoms with E-state index in [-0.39, 0.29) is 24.9 Å². The molecule has 0 aliphatic carbocycles. The third kappa shape index (κ3) is 1.76. The fourth-order valence-corrected chi connectivity index (χ4v) is 2.51. The van der Waals surface area contributed by atoms with Crippen LogP contribution in [0, 0.1) is 0 Å². The van der Waals surface area contributed by atoms with Gasteiger partial charge >= 0.3 is 6.03 Å². The summed E-state index contributed by atoms with van der Waals surface area (Å²) in [5.74, 6) is -0.628. The minimum atomic E-state index is -0.638. The van der Waals surface area contributed by atoms with Gasteiger partial charge in [-0.1, -0.05) is 23.7 Å². The van der Waals surface area contributed by atoms with Crippen molar-refractivity contribution in [2.75, 3.05) is 18.0 Å². The van der Waals surface area contributed by atoms with E-state index in [1.165, 1.54) is 4.90 Å². The lowest BCUT2D eigenvalue weighted by Gasteiger charge is -2.26. The Kier molecular flexibility index (Phi) is 2.67. The van der Waals surface area contributed by atoms with Crippen LogP contribution in [0.4, 0.5) is 10.5 Å². The van der Waals surface area contributed by atoms with Gasteiger partial charge in [-0.15, -0.1) is 0 Å². The maximum Gasteiger partial charge on any atom is 0.332 e. The molecule has 4 amide bonds. The average molecular weight is 280 g/mol. The van der Waals surface area contributed by atoms with E-state index in [2.05, 4.69) is 5.32 Å². The Hall–Kier alpha value is -2.08. The van der Waals surface area contributed by atoms with E-state index < -0.39 is 12.1 Å². The number of anilines is 1. The third-order valence-corrected chi connectivity index (χ3v) is 3.54. The number of carbonyl (C=O) groups excluding carboxylic acids is 3. The molecule has 1 N–H and O–H groups in total. The van der Waals surface area contributed by atoms with E-state index in [1.54, 1.807) is 24.3 Å². The summed E-state index contributed by atoms with van der Waals surface area (Å²) in [6.07, 6.45) is 0. The molecule has 2 heterocycles. The number of benzene rings is 1. The number of piperazine rings is 1. The van der Waals surface area contributed by atoms with Crippen LogP contribution in [-0.2, 0) is 9.59 Å². The van der Waals surface area contributed by atoms with Gasteiger partial charge < -0.3 is 10.2 Å². The molecular formula is C12H10ClN3O3. The van der Waals surface area contributed by atoms with E-state index in [0.29, 0.717) is 10.7 Å². The summed E-state index contributed by atoms with van der Waals surface area (Å²) in [5.41, 5.74) is 0.348. The Balaban J connectivity index is 2.00. The van der Waals surface area contributed by atoms with Crippen molar-refractivity contribution in [2.45, 2.75) is 6.04 Å². The number of nitrogens with one attached hydrogen (secondary N) is 1. The SMILES string of the molecule is O=C1CN2C(=O)N(c3ccccc3Cl)C(=O)C2CN1. The number of imide groups is 1. The molecule has 1 aromatic carbocycles. The quantitative estimate of drug-likeness (QED) is 0.766. The molecule has 2 aliphatic rings. The predicted molar refractivity (Wildman–Crippen MR) is 67.8 cm³/mol. The number of hydrogen-bond donors (Lipinski definition) is 1. The molecule has 0 saturated carbocycles. The fourth-order valence-electron chi connectivity index (χ4n) is 2.29. The van der Waals surface area contributed by atoms with Crippen molar-refractivity contribution in [3.8, 4) is 0 Å². The standard InChI is InChI=1S/C12H10ClN3O3/c13-7-3-1-2-4-8(7)16-11(18)9-5-14-10(17)6-15(9)12(16)19/h1-4,9H,5-6H2,(H,14,17). The van der Waals surface area contributed by atoms with Gasteiger partial charge in [-0.25, -0.2) is 9.69 Å². The Morgan fingerprint density at radius 2 is 1.95 bits per heavy atom. The summed E-state index contributed by atoms with van der Waals surface area (Å²) in [6.45, 7) is 0.0422. The Morgan fingerprint density at radius 3 is 2.68 bits per heavy atom. The molecule has 0 bridgehead atoms. The van der Waals surface area contributed by atoms with Crippen molar-refractivity contribution in [3.63, 3.8) is 0 Å². The maximum absolute atomic E-state index is 12.3. The summed E-state index contributed by atoms with van der Waals surface area (Å²) >= 11 is 6.01. The lowest BCUT2D eigenvalue weighted by molar-refractivity contribution is -0.126. The number of hydrogen-bond acceptors (Lipinski definition) is 3.